The third-order valence-electron chi connectivity index (χ3n) is 7.53. The highest BCUT2D eigenvalue weighted by Crippen LogP contribution is 2.46. The van der Waals surface area contributed by atoms with Crippen molar-refractivity contribution in [3.63, 3.8) is 0 Å². The molecule has 0 N–H and O–H groups in total. The molecule has 0 saturated heterocycles. The molecule has 0 radical (unpaired) electrons. The van der Waals surface area contributed by atoms with Crippen molar-refractivity contribution in [3.8, 4) is 0 Å². The van der Waals surface area contributed by atoms with Gasteiger partial charge in [-0.3, -0.25) is 24.8 Å². The number of hydrogen-bond donors (Lipinski definition) is 0. The number of hydrazine groups is 2. The number of Topliss-reactive ketones (excluding diaryl/α,β-unsaturated/α-hetero) is 1. The highest BCUT2D eigenvalue weighted by Gasteiger charge is 2.45. The number of carbonyl (C=O) groups is 1. The third kappa shape index (κ3) is 5.77. The van der Waals surface area contributed by atoms with Crippen molar-refractivity contribution in [1.82, 2.24) is 20.0 Å². The summed E-state index contributed by atoms with van der Waals surface area (Å²) in [5, 5.41) is 9.33. The van der Waals surface area contributed by atoms with Crippen LogP contribution in [-0.4, -0.2) is 51.9 Å². The molecule has 7 nitrogen and oxygen atoms in total. The SMILES string of the molecule is CC1C(Sc2ccc(Cl)cc2)=C(C(=O)C2=C(Sc3ccc(Cl)cc3)C(C)N(c3ccccn3)N2C)N(C)N1c1ccccn1. The van der Waals surface area contributed by atoms with E-state index >= 15 is 4.79 Å². The molecule has 224 valence electrons. The van der Waals surface area contributed by atoms with Crippen LogP contribution in [0.1, 0.15) is 13.8 Å². The molecule has 2 aromatic heterocycles. The standard InChI is InChI=1S/C33H30Cl2N6OS2/c1-21-32(43-25-15-11-23(34)12-16-25)29(38(3)40(21)27-9-5-7-19-36-27)31(42)30-33(44-26-17-13-24(35)14-18-26)22(2)41(39(30)4)28-10-6-8-20-37-28/h5-22H,1-4H3. The smallest absolute Gasteiger partial charge is 0.230 e. The molecular weight excluding hydrogens is 631 g/mol. The number of benzene rings is 2. The fraction of sp³-hybridized carbons (Fsp3) is 0.182. The summed E-state index contributed by atoms with van der Waals surface area (Å²) in [6, 6.07) is 26.7. The van der Waals surface area contributed by atoms with E-state index < -0.39 is 0 Å². The molecular formula is C33H30Cl2N6OS2. The second-order valence-corrected chi connectivity index (χ2v) is 13.4. The van der Waals surface area contributed by atoms with Crippen LogP contribution in [0.4, 0.5) is 11.6 Å². The van der Waals surface area contributed by atoms with E-state index in [4.69, 9.17) is 23.2 Å². The van der Waals surface area contributed by atoms with Crippen LogP contribution in [-0.2, 0) is 4.79 Å². The summed E-state index contributed by atoms with van der Waals surface area (Å²) in [4.78, 5) is 28.1. The van der Waals surface area contributed by atoms with Gasteiger partial charge in [0.2, 0.25) is 5.78 Å². The molecule has 6 rings (SSSR count). The number of anilines is 2. The van der Waals surface area contributed by atoms with Crippen molar-refractivity contribution >= 4 is 64.1 Å². The first-order valence-corrected chi connectivity index (χ1v) is 16.4. The Morgan fingerprint density at radius 3 is 1.36 bits per heavy atom. The van der Waals surface area contributed by atoms with E-state index in [1.165, 1.54) is 0 Å². The van der Waals surface area contributed by atoms with Crippen molar-refractivity contribution in [2.75, 3.05) is 24.1 Å². The average molecular weight is 662 g/mol. The second kappa shape index (κ2) is 12.8. The Kier molecular flexibility index (Phi) is 8.82. The number of rotatable bonds is 8. The summed E-state index contributed by atoms with van der Waals surface area (Å²) < 4.78 is 0. The molecule has 0 spiro atoms. The summed E-state index contributed by atoms with van der Waals surface area (Å²) in [7, 11) is 3.85. The van der Waals surface area contributed by atoms with Gasteiger partial charge < -0.3 is 0 Å². The first kappa shape index (κ1) is 30.4. The van der Waals surface area contributed by atoms with Gasteiger partial charge >= 0.3 is 0 Å². The molecule has 2 aliphatic rings. The molecule has 4 heterocycles. The van der Waals surface area contributed by atoms with E-state index in [-0.39, 0.29) is 17.9 Å². The van der Waals surface area contributed by atoms with Crippen LogP contribution in [0.15, 0.2) is 128 Å². The van der Waals surface area contributed by atoms with Gasteiger partial charge in [0.15, 0.2) is 0 Å². The van der Waals surface area contributed by atoms with Gasteiger partial charge in [-0.15, -0.1) is 0 Å². The van der Waals surface area contributed by atoms with E-state index in [0.29, 0.717) is 21.4 Å². The van der Waals surface area contributed by atoms with Gasteiger partial charge in [0.1, 0.15) is 23.0 Å². The van der Waals surface area contributed by atoms with Crippen LogP contribution in [0.25, 0.3) is 0 Å². The molecule has 2 aliphatic heterocycles. The second-order valence-electron chi connectivity index (χ2n) is 10.3. The number of aromatic nitrogens is 2. The molecule has 0 aliphatic carbocycles. The molecule has 4 aromatic rings. The van der Waals surface area contributed by atoms with Gasteiger partial charge in [0.05, 0.1) is 12.1 Å². The van der Waals surface area contributed by atoms with Crippen molar-refractivity contribution in [3.05, 3.63) is 129 Å². The topological polar surface area (TPSA) is 55.8 Å². The number of hydrogen-bond acceptors (Lipinski definition) is 9. The Morgan fingerprint density at radius 2 is 1.02 bits per heavy atom. The van der Waals surface area contributed by atoms with Gasteiger partial charge in [0, 0.05) is 56.1 Å². The molecule has 2 aromatic carbocycles. The summed E-state index contributed by atoms with van der Waals surface area (Å²) in [6.07, 6.45) is 3.53. The maximum atomic E-state index is 15.1. The van der Waals surface area contributed by atoms with Gasteiger partial charge in [-0.2, -0.15) is 0 Å². The monoisotopic (exact) mass is 660 g/mol. The molecule has 0 saturated carbocycles. The first-order chi connectivity index (χ1) is 21.2. The van der Waals surface area contributed by atoms with Crippen molar-refractivity contribution in [1.29, 1.82) is 0 Å². The van der Waals surface area contributed by atoms with Crippen LogP contribution in [0.5, 0.6) is 0 Å². The minimum atomic E-state index is -0.154. The van der Waals surface area contributed by atoms with Crippen LogP contribution in [0.3, 0.4) is 0 Å². The Balaban J connectivity index is 1.48. The fourth-order valence-electron chi connectivity index (χ4n) is 5.51. The highest BCUT2D eigenvalue weighted by molar-refractivity contribution is 8.03. The lowest BCUT2D eigenvalue weighted by Gasteiger charge is -2.33. The number of nitrogens with zero attached hydrogens (tertiary/aromatic N) is 6. The average Bonchev–Trinajstić information content (AvgIpc) is 3.42. The zero-order valence-corrected chi connectivity index (χ0v) is 27.7. The van der Waals surface area contributed by atoms with Crippen LogP contribution >= 0.6 is 46.7 Å². The maximum absolute atomic E-state index is 15.1. The van der Waals surface area contributed by atoms with Crippen molar-refractivity contribution in [2.24, 2.45) is 0 Å². The van der Waals surface area contributed by atoms with Gasteiger partial charge in [-0.05, 0) is 86.6 Å². The van der Waals surface area contributed by atoms with Gasteiger partial charge in [0.25, 0.3) is 0 Å². The molecule has 2 unspecified atom stereocenters. The Labute approximate surface area is 276 Å². The van der Waals surface area contributed by atoms with Crippen molar-refractivity contribution < 1.29 is 4.79 Å². The number of carbonyl (C=O) groups excluding carboxylic acids is 1. The minimum Gasteiger partial charge on any atom is -0.285 e. The molecule has 0 bridgehead atoms. The lowest BCUT2D eigenvalue weighted by atomic mass is 10.1. The number of likely N-dealkylation sites (N-methyl/N-ethyl adjacent to an activating group) is 2. The zero-order chi connectivity index (χ0) is 31.0. The highest BCUT2D eigenvalue weighted by atomic mass is 35.5. The van der Waals surface area contributed by atoms with E-state index in [1.54, 1.807) is 35.9 Å². The first-order valence-electron chi connectivity index (χ1n) is 14.0. The normalized spacial score (nSPS) is 18.6. The lowest BCUT2D eigenvalue weighted by Crippen LogP contribution is -2.43. The summed E-state index contributed by atoms with van der Waals surface area (Å²) in [6.45, 7) is 4.20. The van der Waals surface area contributed by atoms with Crippen LogP contribution in [0, 0.1) is 0 Å². The van der Waals surface area contributed by atoms with Crippen molar-refractivity contribution in [2.45, 2.75) is 35.7 Å². The van der Waals surface area contributed by atoms with Crippen LogP contribution < -0.4 is 10.0 Å². The van der Waals surface area contributed by atoms with E-state index in [9.17, 15) is 0 Å². The summed E-state index contributed by atoms with van der Waals surface area (Å²) >= 11 is 15.5. The van der Waals surface area contributed by atoms with E-state index in [1.807, 2.05) is 109 Å². The fourth-order valence-corrected chi connectivity index (χ4v) is 8.00. The Morgan fingerprint density at radius 1 is 0.636 bits per heavy atom. The predicted molar refractivity (Wildman–Crippen MR) is 182 cm³/mol. The molecule has 2 atom stereocenters. The van der Waals surface area contributed by atoms with Gasteiger partial charge in [-0.1, -0.05) is 58.9 Å². The van der Waals surface area contributed by atoms with E-state index in [2.05, 4.69) is 33.8 Å². The predicted octanol–water partition coefficient (Wildman–Crippen LogP) is 8.17. The largest absolute Gasteiger partial charge is 0.285 e. The van der Waals surface area contributed by atoms with E-state index in [0.717, 1.165) is 31.2 Å². The molecule has 0 amide bonds. The minimum absolute atomic E-state index is 0.0847. The number of ketones is 1. The third-order valence-corrected chi connectivity index (χ3v) is 10.6. The molecule has 11 heteroatoms. The summed E-state index contributed by atoms with van der Waals surface area (Å²) in [5.74, 6) is 1.43. The quantitative estimate of drug-likeness (QED) is 0.186. The number of thioether (sulfide) groups is 2. The Hall–Kier alpha value is -3.63. The number of halogens is 2. The number of pyridine rings is 2. The van der Waals surface area contributed by atoms with Gasteiger partial charge in [-0.25, -0.2) is 9.97 Å². The summed E-state index contributed by atoms with van der Waals surface area (Å²) in [5.41, 5.74) is 1.18. The van der Waals surface area contributed by atoms with Crippen LogP contribution in [0.2, 0.25) is 10.0 Å². The molecule has 44 heavy (non-hydrogen) atoms. The molecule has 0 fully saturated rings. The zero-order valence-electron chi connectivity index (χ0n) is 24.6. The lowest BCUT2D eigenvalue weighted by molar-refractivity contribution is -0.114. The maximum Gasteiger partial charge on any atom is 0.230 e. The Bertz CT molecular complexity index is 1590.